The summed E-state index contributed by atoms with van der Waals surface area (Å²) >= 11 is 1.39. The van der Waals surface area contributed by atoms with Gasteiger partial charge in [-0.2, -0.15) is 0 Å². The Bertz CT molecular complexity index is 630. The maximum atomic E-state index is 13.1. The monoisotopic (exact) mass is 291 g/mol. The van der Waals surface area contributed by atoms with Gasteiger partial charge in [0.05, 0.1) is 0 Å². The van der Waals surface area contributed by atoms with Crippen LogP contribution in [0, 0.1) is 5.82 Å². The van der Waals surface area contributed by atoms with E-state index in [4.69, 9.17) is 5.11 Å². The molecule has 0 unspecified atom stereocenters. The summed E-state index contributed by atoms with van der Waals surface area (Å²) < 4.78 is 13.1. The molecule has 3 nitrogen and oxygen atoms in total. The van der Waals surface area contributed by atoms with Crippen molar-refractivity contribution in [3.63, 3.8) is 0 Å². The number of nitrogens with zero attached hydrogens (tertiary/aromatic N) is 1. The number of carboxylic acids is 1. The summed E-state index contributed by atoms with van der Waals surface area (Å²) in [6.07, 6.45) is 4.04. The molecule has 0 saturated heterocycles. The number of thiazole rings is 1. The number of aromatic nitrogens is 1. The van der Waals surface area contributed by atoms with Crippen LogP contribution in [0.2, 0.25) is 0 Å². The molecule has 0 aliphatic heterocycles. The SMILES string of the molecule is O=C(O)c1csc(C2(c3ccc(F)cc3)CCCC2)n1. The molecule has 0 radical (unpaired) electrons. The molecule has 1 aliphatic carbocycles. The zero-order chi connectivity index (χ0) is 14.2. The van der Waals surface area contributed by atoms with Crippen molar-refractivity contribution in [2.75, 3.05) is 0 Å². The Kier molecular flexibility index (Phi) is 3.30. The van der Waals surface area contributed by atoms with Gasteiger partial charge in [-0.25, -0.2) is 14.2 Å². The van der Waals surface area contributed by atoms with Crippen molar-refractivity contribution in [2.24, 2.45) is 0 Å². The standard InChI is InChI=1S/C15H14FNO2S/c16-11-5-3-10(4-6-11)15(7-1-2-8-15)14-17-12(9-20-14)13(18)19/h3-6,9H,1-2,7-8H2,(H,18,19). The second kappa shape index (κ2) is 4.98. The smallest absolute Gasteiger partial charge is 0.355 e. The first kappa shape index (κ1) is 13.2. The number of benzene rings is 1. The van der Waals surface area contributed by atoms with E-state index >= 15 is 0 Å². The molecule has 0 bridgehead atoms. The second-order valence-corrected chi connectivity index (χ2v) is 6.00. The van der Waals surface area contributed by atoms with Crippen molar-refractivity contribution in [1.82, 2.24) is 4.98 Å². The molecule has 20 heavy (non-hydrogen) atoms. The van der Waals surface area contributed by atoms with E-state index in [2.05, 4.69) is 4.98 Å². The van der Waals surface area contributed by atoms with Gasteiger partial charge in [-0.1, -0.05) is 25.0 Å². The van der Waals surface area contributed by atoms with Crippen molar-refractivity contribution in [2.45, 2.75) is 31.1 Å². The molecule has 2 aromatic rings. The lowest BCUT2D eigenvalue weighted by molar-refractivity contribution is 0.0691. The molecule has 1 aliphatic rings. The van der Waals surface area contributed by atoms with Crippen molar-refractivity contribution < 1.29 is 14.3 Å². The van der Waals surface area contributed by atoms with Crippen molar-refractivity contribution >= 4 is 17.3 Å². The minimum atomic E-state index is -1.00. The summed E-state index contributed by atoms with van der Waals surface area (Å²) in [6.45, 7) is 0. The molecule has 104 valence electrons. The molecule has 0 spiro atoms. The Morgan fingerprint density at radius 3 is 2.45 bits per heavy atom. The molecule has 1 N–H and O–H groups in total. The maximum Gasteiger partial charge on any atom is 0.355 e. The zero-order valence-corrected chi connectivity index (χ0v) is 11.6. The summed E-state index contributed by atoms with van der Waals surface area (Å²) in [5, 5.41) is 11.4. The Morgan fingerprint density at radius 2 is 1.90 bits per heavy atom. The number of carboxylic acid groups (broad SMARTS) is 1. The van der Waals surface area contributed by atoms with Crippen LogP contribution in [0.25, 0.3) is 0 Å². The van der Waals surface area contributed by atoms with E-state index in [0.717, 1.165) is 36.3 Å². The van der Waals surface area contributed by atoms with E-state index in [-0.39, 0.29) is 16.9 Å². The number of aromatic carboxylic acids is 1. The fourth-order valence-electron chi connectivity index (χ4n) is 2.97. The highest BCUT2D eigenvalue weighted by Gasteiger charge is 2.40. The van der Waals surface area contributed by atoms with Crippen LogP contribution in [0.4, 0.5) is 4.39 Å². The van der Waals surface area contributed by atoms with Crippen molar-refractivity contribution in [3.8, 4) is 0 Å². The van der Waals surface area contributed by atoms with E-state index < -0.39 is 5.97 Å². The number of hydrogen-bond donors (Lipinski definition) is 1. The summed E-state index contributed by atoms with van der Waals surface area (Å²) in [5.74, 6) is -1.26. The summed E-state index contributed by atoms with van der Waals surface area (Å²) in [7, 11) is 0. The van der Waals surface area contributed by atoms with E-state index in [1.807, 2.05) is 0 Å². The molecule has 1 heterocycles. The number of carbonyl (C=O) groups is 1. The predicted molar refractivity (Wildman–Crippen MR) is 74.7 cm³/mol. The van der Waals surface area contributed by atoms with Gasteiger partial charge < -0.3 is 5.11 Å². The normalized spacial score (nSPS) is 17.2. The Labute approximate surface area is 120 Å². The predicted octanol–water partition coefficient (Wildman–Crippen LogP) is 3.84. The minimum Gasteiger partial charge on any atom is -0.476 e. The molecule has 1 saturated carbocycles. The highest BCUT2D eigenvalue weighted by Crippen LogP contribution is 2.47. The van der Waals surface area contributed by atoms with Gasteiger partial charge in [0.2, 0.25) is 0 Å². The third kappa shape index (κ3) is 2.12. The van der Waals surface area contributed by atoms with Crippen molar-refractivity contribution in [1.29, 1.82) is 0 Å². The molecule has 5 heteroatoms. The molecule has 1 aromatic heterocycles. The zero-order valence-electron chi connectivity index (χ0n) is 10.8. The van der Waals surface area contributed by atoms with Gasteiger partial charge in [0, 0.05) is 10.8 Å². The number of halogens is 1. The highest BCUT2D eigenvalue weighted by atomic mass is 32.1. The van der Waals surface area contributed by atoms with Crippen LogP contribution in [0.5, 0.6) is 0 Å². The molecular weight excluding hydrogens is 277 g/mol. The third-order valence-corrected chi connectivity index (χ3v) is 5.03. The Morgan fingerprint density at radius 1 is 1.25 bits per heavy atom. The number of rotatable bonds is 3. The van der Waals surface area contributed by atoms with Gasteiger partial charge in [-0.3, -0.25) is 0 Å². The topological polar surface area (TPSA) is 50.2 Å². The van der Waals surface area contributed by atoms with Gasteiger partial charge in [0.25, 0.3) is 0 Å². The van der Waals surface area contributed by atoms with Crippen LogP contribution in [0.1, 0.15) is 46.7 Å². The summed E-state index contributed by atoms with van der Waals surface area (Å²) in [5.41, 5.74) is 0.882. The van der Waals surface area contributed by atoms with Gasteiger partial charge in [-0.15, -0.1) is 11.3 Å². The first-order valence-corrected chi connectivity index (χ1v) is 7.45. The highest BCUT2D eigenvalue weighted by molar-refractivity contribution is 7.10. The first-order chi connectivity index (χ1) is 9.62. The first-order valence-electron chi connectivity index (χ1n) is 6.57. The fraction of sp³-hybridized carbons (Fsp3) is 0.333. The Hall–Kier alpha value is -1.75. The molecule has 0 atom stereocenters. The molecular formula is C15H14FNO2S. The van der Waals surface area contributed by atoms with E-state index in [9.17, 15) is 9.18 Å². The average molecular weight is 291 g/mol. The van der Waals surface area contributed by atoms with Gasteiger partial charge in [-0.05, 0) is 30.5 Å². The quantitative estimate of drug-likeness (QED) is 0.934. The van der Waals surface area contributed by atoms with Gasteiger partial charge in [0.1, 0.15) is 10.8 Å². The largest absolute Gasteiger partial charge is 0.476 e. The lowest BCUT2D eigenvalue weighted by Gasteiger charge is -2.27. The van der Waals surface area contributed by atoms with Crippen LogP contribution >= 0.6 is 11.3 Å². The molecule has 3 rings (SSSR count). The van der Waals surface area contributed by atoms with Crippen LogP contribution in [-0.4, -0.2) is 16.1 Å². The maximum absolute atomic E-state index is 13.1. The van der Waals surface area contributed by atoms with E-state index in [1.165, 1.54) is 23.5 Å². The fourth-order valence-corrected chi connectivity index (χ4v) is 4.04. The van der Waals surface area contributed by atoms with Crippen molar-refractivity contribution in [3.05, 3.63) is 51.7 Å². The minimum absolute atomic E-state index is 0.0957. The lowest BCUT2D eigenvalue weighted by atomic mass is 9.79. The van der Waals surface area contributed by atoms with Crippen LogP contribution in [0.15, 0.2) is 29.6 Å². The van der Waals surface area contributed by atoms with Crippen LogP contribution in [-0.2, 0) is 5.41 Å². The van der Waals surface area contributed by atoms with Gasteiger partial charge in [0.15, 0.2) is 5.69 Å². The third-order valence-electron chi connectivity index (χ3n) is 3.99. The van der Waals surface area contributed by atoms with Crippen LogP contribution in [0.3, 0.4) is 0 Å². The molecule has 1 aromatic carbocycles. The van der Waals surface area contributed by atoms with Crippen LogP contribution < -0.4 is 0 Å². The van der Waals surface area contributed by atoms with E-state index in [1.54, 1.807) is 17.5 Å². The van der Waals surface area contributed by atoms with E-state index in [0.29, 0.717) is 0 Å². The summed E-state index contributed by atoms with van der Waals surface area (Å²) in [6, 6.07) is 6.51. The molecule has 0 amide bonds. The second-order valence-electron chi connectivity index (χ2n) is 5.14. The average Bonchev–Trinajstić information content (AvgIpc) is 3.09. The van der Waals surface area contributed by atoms with Gasteiger partial charge >= 0.3 is 5.97 Å². The lowest BCUT2D eigenvalue weighted by Crippen LogP contribution is -2.23. The summed E-state index contributed by atoms with van der Waals surface area (Å²) in [4.78, 5) is 15.3. The molecule has 1 fully saturated rings. The Balaban J connectivity index is 2.07. The number of hydrogen-bond acceptors (Lipinski definition) is 3.